The number of alkyl carbamates (subject to hydrolysis) is 1. The topological polar surface area (TPSA) is 114 Å². The Hall–Kier alpha value is -3.39. The van der Waals surface area contributed by atoms with Gasteiger partial charge in [-0.15, -0.1) is 0 Å². The summed E-state index contributed by atoms with van der Waals surface area (Å²) in [4.78, 5) is 40.6. The Kier molecular flexibility index (Phi) is 7.47. The van der Waals surface area contributed by atoms with E-state index in [0.29, 0.717) is 19.4 Å². The van der Waals surface area contributed by atoms with Crippen molar-refractivity contribution in [1.82, 2.24) is 10.8 Å². The molecule has 2 unspecified atom stereocenters. The summed E-state index contributed by atoms with van der Waals surface area (Å²) in [5.41, 5.74) is 6.94. The first-order valence-electron chi connectivity index (χ1n) is 11.7. The van der Waals surface area contributed by atoms with E-state index in [1.54, 1.807) is 6.92 Å². The van der Waals surface area contributed by atoms with Gasteiger partial charge in [0, 0.05) is 18.4 Å². The van der Waals surface area contributed by atoms with Crippen LogP contribution in [0.3, 0.4) is 0 Å². The zero-order valence-corrected chi connectivity index (χ0v) is 19.2. The normalized spacial score (nSPS) is 16.1. The van der Waals surface area contributed by atoms with E-state index in [0.717, 1.165) is 24.0 Å². The maximum atomic E-state index is 12.2. The van der Waals surface area contributed by atoms with Gasteiger partial charge in [-0.05, 0) is 53.9 Å². The number of aliphatic carboxylic acids is 1. The fourth-order valence-electron chi connectivity index (χ4n) is 4.35. The van der Waals surface area contributed by atoms with Crippen molar-refractivity contribution in [1.29, 1.82) is 0 Å². The van der Waals surface area contributed by atoms with Gasteiger partial charge in [0.1, 0.15) is 6.61 Å². The van der Waals surface area contributed by atoms with E-state index in [9.17, 15) is 14.4 Å². The number of carbonyl (C=O) groups is 3. The van der Waals surface area contributed by atoms with Gasteiger partial charge in [0.25, 0.3) is 0 Å². The molecule has 2 aliphatic carbocycles. The molecule has 8 heteroatoms. The Morgan fingerprint density at radius 3 is 2.24 bits per heavy atom. The van der Waals surface area contributed by atoms with Crippen LogP contribution in [0.2, 0.25) is 0 Å². The Bertz CT molecular complexity index is 1010. The minimum atomic E-state index is -1.07. The summed E-state index contributed by atoms with van der Waals surface area (Å²) in [6.45, 7) is 2.36. The van der Waals surface area contributed by atoms with E-state index in [1.807, 2.05) is 24.3 Å². The van der Waals surface area contributed by atoms with Crippen LogP contribution < -0.4 is 10.8 Å². The molecule has 2 amide bonds. The second kappa shape index (κ2) is 10.7. The molecule has 4 rings (SSSR count). The van der Waals surface area contributed by atoms with Gasteiger partial charge in [0.2, 0.25) is 5.91 Å². The van der Waals surface area contributed by atoms with Crippen LogP contribution in [0, 0.1) is 11.8 Å². The number of ether oxygens (including phenoxy) is 1. The van der Waals surface area contributed by atoms with Crippen molar-refractivity contribution in [3.63, 3.8) is 0 Å². The fourth-order valence-corrected chi connectivity index (χ4v) is 4.35. The van der Waals surface area contributed by atoms with Crippen LogP contribution in [0.4, 0.5) is 4.79 Å². The van der Waals surface area contributed by atoms with Gasteiger partial charge < -0.3 is 15.2 Å². The van der Waals surface area contributed by atoms with Gasteiger partial charge in [-0.2, -0.15) is 0 Å². The lowest BCUT2D eigenvalue weighted by Gasteiger charge is -2.16. The van der Waals surface area contributed by atoms with Crippen LogP contribution in [0.15, 0.2) is 48.5 Å². The lowest BCUT2D eigenvalue weighted by Crippen LogP contribution is -2.38. The second-order valence-corrected chi connectivity index (χ2v) is 8.98. The predicted octanol–water partition coefficient (Wildman–Crippen LogP) is 3.85. The molecule has 34 heavy (non-hydrogen) atoms. The van der Waals surface area contributed by atoms with Crippen molar-refractivity contribution in [2.24, 2.45) is 11.8 Å². The van der Waals surface area contributed by atoms with Gasteiger partial charge in [-0.1, -0.05) is 55.5 Å². The Labute approximate surface area is 198 Å². The number of carboxylic acids is 1. The van der Waals surface area contributed by atoms with E-state index in [4.69, 9.17) is 14.7 Å². The second-order valence-electron chi connectivity index (χ2n) is 8.98. The van der Waals surface area contributed by atoms with Crippen LogP contribution >= 0.6 is 0 Å². The Morgan fingerprint density at radius 1 is 1.03 bits per heavy atom. The molecule has 0 bridgehead atoms. The zero-order chi connectivity index (χ0) is 24.1. The van der Waals surface area contributed by atoms with Gasteiger partial charge >= 0.3 is 12.1 Å². The van der Waals surface area contributed by atoms with Crippen LogP contribution in [0.1, 0.15) is 49.7 Å². The lowest BCUT2D eigenvalue weighted by molar-refractivity contribution is -0.163. The molecule has 180 valence electrons. The highest BCUT2D eigenvalue weighted by molar-refractivity contribution is 5.79. The molecular formula is C26H30N2O6. The van der Waals surface area contributed by atoms with E-state index in [1.165, 1.54) is 11.1 Å². The maximum Gasteiger partial charge on any atom is 0.407 e. The van der Waals surface area contributed by atoms with Crippen molar-refractivity contribution < 1.29 is 29.1 Å². The molecule has 0 saturated heterocycles. The quantitative estimate of drug-likeness (QED) is 0.342. The molecule has 0 spiro atoms. The highest BCUT2D eigenvalue weighted by atomic mass is 16.7. The molecule has 2 aromatic carbocycles. The number of amides is 2. The van der Waals surface area contributed by atoms with Gasteiger partial charge in [0.05, 0.1) is 0 Å². The molecular weight excluding hydrogens is 436 g/mol. The van der Waals surface area contributed by atoms with E-state index in [-0.39, 0.29) is 30.3 Å². The standard InChI is InChI=1S/C26H30N2O6/c1-16(24(29)28-34-23(25(30)31)17-12-13-17)7-6-14-27-26(32)33-15-22-20-10-4-2-8-18(20)19-9-3-5-11-21(19)22/h2-5,8-11,16-17,22-23H,6-7,12-15H2,1H3,(H,27,32)(H,28,29)(H,30,31). The van der Waals surface area contributed by atoms with Gasteiger partial charge in [-0.25, -0.2) is 15.1 Å². The summed E-state index contributed by atoms with van der Waals surface area (Å²) >= 11 is 0. The number of nitrogens with one attached hydrogen (secondary N) is 2. The third-order valence-corrected chi connectivity index (χ3v) is 6.45. The predicted molar refractivity (Wildman–Crippen MR) is 125 cm³/mol. The van der Waals surface area contributed by atoms with E-state index >= 15 is 0 Å². The summed E-state index contributed by atoms with van der Waals surface area (Å²) in [5, 5.41) is 11.9. The van der Waals surface area contributed by atoms with Crippen molar-refractivity contribution in [2.75, 3.05) is 13.2 Å². The molecule has 2 aliphatic rings. The van der Waals surface area contributed by atoms with Gasteiger partial charge in [0.15, 0.2) is 6.10 Å². The van der Waals surface area contributed by atoms with Crippen LogP contribution in [-0.4, -0.2) is 42.3 Å². The average Bonchev–Trinajstić information content (AvgIpc) is 3.62. The first-order valence-corrected chi connectivity index (χ1v) is 11.7. The van der Waals surface area contributed by atoms with Crippen LogP contribution in [0.5, 0.6) is 0 Å². The fraction of sp³-hybridized carbons (Fsp3) is 0.423. The third-order valence-electron chi connectivity index (χ3n) is 6.45. The molecule has 0 aliphatic heterocycles. The minimum absolute atomic E-state index is 0.00661. The molecule has 0 heterocycles. The number of rotatable bonds is 11. The van der Waals surface area contributed by atoms with E-state index in [2.05, 4.69) is 35.1 Å². The number of hydrogen-bond donors (Lipinski definition) is 3. The number of benzene rings is 2. The van der Waals surface area contributed by atoms with Crippen molar-refractivity contribution in [2.45, 2.75) is 44.6 Å². The minimum Gasteiger partial charge on any atom is -0.479 e. The molecule has 1 fully saturated rings. The number of carbonyl (C=O) groups excluding carboxylic acids is 2. The summed E-state index contributed by atoms with van der Waals surface area (Å²) in [6, 6.07) is 16.3. The lowest BCUT2D eigenvalue weighted by atomic mass is 9.98. The maximum absolute atomic E-state index is 12.2. The summed E-state index contributed by atoms with van der Waals surface area (Å²) in [6.07, 6.45) is 1.19. The van der Waals surface area contributed by atoms with Crippen molar-refractivity contribution in [3.8, 4) is 11.1 Å². The number of carboxylic acid groups (broad SMARTS) is 1. The molecule has 0 aromatic heterocycles. The number of fused-ring (bicyclic) bond motifs is 3. The van der Waals surface area contributed by atoms with Crippen LogP contribution in [-0.2, 0) is 19.2 Å². The summed E-state index contributed by atoms with van der Waals surface area (Å²) in [7, 11) is 0. The number of hydroxylamine groups is 1. The summed E-state index contributed by atoms with van der Waals surface area (Å²) < 4.78 is 5.50. The first kappa shape index (κ1) is 23.8. The highest BCUT2D eigenvalue weighted by Crippen LogP contribution is 2.44. The van der Waals surface area contributed by atoms with Crippen LogP contribution in [0.25, 0.3) is 11.1 Å². The van der Waals surface area contributed by atoms with Gasteiger partial charge in [-0.3, -0.25) is 9.63 Å². The monoisotopic (exact) mass is 466 g/mol. The summed E-state index contributed by atoms with van der Waals surface area (Å²) in [5.74, 6) is -1.84. The smallest absolute Gasteiger partial charge is 0.407 e. The SMILES string of the molecule is CC(CCCNC(=O)OCC1c2ccccc2-c2ccccc21)C(=O)NOC(C(=O)O)C1CC1. The van der Waals surface area contributed by atoms with E-state index < -0.39 is 18.2 Å². The third kappa shape index (κ3) is 5.56. The highest BCUT2D eigenvalue weighted by Gasteiger charge is 2.38. The molecule has 3 N–H and O–H groups in total. The first-order chi connectivity index (χ1) is 16.5. The molecule has 0 radical (unpaired) electrons. The molecule has 2 aromatic rings. The average molecular weight is 467 g/mol. The van der Waals surface area contributed by atoms with Crippen molar-refractivity contribution in [3.05, 3.63) is 59.7 Å². The molecule has 2 atom stereocenters. The van der Waals surface area contributed by atoms with Crippen molar-refractivity contribution >= 4 is 18.0 Å². The largest absolute Gasteiger partial charge is 0.479 e. The number of hydrogen-bond acceptors (Lipinski definition) is 5. The molecule has 8 nitrogen and oxygen atoms in total. The molecule has 1 saturated carbocycles. The zero-order valence-electron chi connectivity index (χ0n) is 19.2. The Morgan fingerprint density at radius 2 is 1.65 bits per heavy atom. The Balaban J connectivity index is 1.16.